The molecular weight excluding hydrogens is 140 g/mol. The van der Waals surface area contributed by atoms with Crippen LogP contribution in [0.4, 0.5) is 0 Å². The molecule has 0 bridgehead atoms. The van der Waals surface area contributed by atoms with Crippen LogP contribution >= 0.6 is 0 Å². The zero-order valence-corrected chi connectivity index (χ0v) is 7.02. The topological polar surface area (TPSA) is 41.1 Å². The Morgan fingerprint density at radius 2 is 2.45 bits per heavy atom. The third-order valence-electron chi connectivity index (χ3n) is 1.92. The minimum atomic E-state index is 0.188. The van der Waals surface area contributed by atoms with Gasteiger partial charge >= 0.3 is 0 Å². The Kier molecular flexibility index (Phi) is 3.36. The molecule has 0 saturated carbocycles. The summed E-state index contributed by atoms with van der Waals surface area (Å²) in [4.78, 5) is 11.0. The average molecular weight is 156 g/mol. The summed E-state index contributed by atoms with van der Waals surface area (Å²) in [5.74, 6) is 0.188. The van der Waals surface area contributed by atoms with Crippen LogP contribution in [-0.4, -0.2) is 25.0 Å². The molecule has 3 nitrogen and oxygen atoms in total. The van der Waals surface area contributed by atoms with Gasteiger partial charge in [-0.1, -0.05) is 13.3 Å². The third-order valence-corrected chi connectivity index (χ3v) is 1.92. The number of rotatable bonds is 2. The highest BCUT2D eigenvalue weighted by atomic mass is 16.1. The first kappa shape index (κ1) is 8.53. The Balaban J connectivity index is 2.33. The van der Waals surface area contributed by atoms with Crippen LogP contribution in [0.3, 0.4) is 0 Å². The Bertz CT molecular complexity index is 136. The molecular formula is C8H16N2O. The summed E-state index contributed by atoms with van der Waals surface area (Å²) in [6.07, 6.45) is 2.84. The number of nitrogens with one attached hydrogen (secondary N) is 2. The van der Waals surface area contributed by atoms with Gasteiger partial charge in [0.2, 0.25) is 5.91 Å². The van der Waals surface area contributed by atoms with Crippen LogP contribution < -0.4 is 10.6 Å². The Morgan fingerprint density at radius 3 is 3.18 bits per heavy atom. The van der Waals surface area contributed by atoms with E-state index in [1.165, 1.54) is 0 Å². The summed E-state index contributed by atoms with van der Waals surface area (Å²) >= 11 is 0. The quantitative estimate of drug-likeness (QED) is 0.602. The Labute approximate surface area is 67.5 Å². The fraction of sp³-hybridized carbons (Fsp3) is 0.875. The van der Waals surface area contributed by atoms with Gasteiger partial charge in [0.25, 0.3) is 0 Å². The molecule has 1 rings (SSSR count). The molecule has 0 aromatic rings. The van der Waals surface area contributed by atoms with Gasteiger partial charge in [-0.2, -0.15) is 0 Å². The number of hydrogen-bond donors (Lipinski definition) is 2. The lowest BCUT2D eigenvalue weighted by molar-refractivity contribution is -0.121. The lowest BCUT2D eigenvalue weighted by Crippen LogP contribution is -2.37. The van der Waals surface area contributed by atoms with Gasteiger partial charge in [0.1, 0.15) is 0 Å². The van der Waals surface area contributed by atoms with Gasteiger partial charge in [-0.15, -0.1) is 0 Å². The van der Waals surface area contributed by atoms with E-state index in [0.717, 1.165) is 25.9 Å². The predicted octanol–water partition coefficient (Wildman–Crippen LogP) is 0.265. The van der Waals surface area contributed by atoms with Crippen molar-refractivity contribution in [3.8, 4) is 0 Å². The number of hydrogen-bond acceptors (Lipinski definition) is 2. The highest BCUT2D eigenvalue weighted by molar-refractivity contribution is 5.76. The van der Waals surface area contributed by atoms with Crippen molar-refractivity contribution in [2.75, 3.05) is 13.1 Å². The molecule has 11 heavy (non-hydrogen) atoms. The van der Waals surface area contributed by atoms with E-state index in [1.807, 2.05) is 0 Å². The standard InChI is InChI=1S/C8H16N2O/c1-2-3-7-6-9-5-4-8(11)10-7/h7,9H,2-6H2,1H3,(H,10,11). The van der Waals surface area contributed by atoms with Crippen LogP contribution in [0.1, 0.15) is 26.2 Å². The van der Waals surface area contributed by atoms with Gasteiger partial charge in [0, 0.05) is 25.6 Å². The smallest absolute Gasteiger partial charge is 0.221 e. The summed E-state index contributed by atoms with van der Waals surface area (Å²) in [5.41, 5.74) is 0. The molecule has 0 spiro atoms. The largest absolute Gasteiger partial charge is 0.352 e. The van der Waals surface area contributed by atoms with Gasteiger partial charge in [-0.3, -0.25) is 4.79 Å². The zero-order chi connectivity index (χ0) is 8.10. The van der Waals surface area contributed by atoms with Crippen LogP contribution in [0.5, 0.6) is 0 Å². The fourth-order valence-corrected chi connectivity index (χ4v) is 1.35. The van der Waals surface area contributed by atoms with Crippen LogP contribution in [0, 0.1) is 0 Å². The van der Waals surface area contributed by atoms with E-state index in [0.29, 0.717) is 12.5 Å². The molecule has 0 aromatic heterocycles. The molecule has 1 amide bonds. The average Bonchev–Trinajstić information content (AvgIpc) is 2.15. The molecule has 0 radical (unpaired) electrons. The molecule has 1 aliphatic heterocycles. The normalized spacial score (nSPS) is 25.9. The Morgan fingerprint density at radius 1 is 1.64 bits per heavy atom. The molecule has 3 heteroatoms. The van der Waals surface area contributed by atoms with Crippen molar-refractivity contribution in [3.05, 3.63) is 0 Å². The van der Waals surface area contributed by atoms with Crippen molar-refractivity contribution in [1.82, 2.24) is 10.6 Å². The van der Waals surface area contributed by atoms with Crippen molar-refractivity contribution in [2.45, 2.75) is 32.2 Å². The molecule has 1 saturated heterocycles. The van der Waals surface area contributed by atoms with Gasteiger partial charge < -0.3 is 10.6 Å². The number of amides is 1. The van der Waals surface area contributed by atoms with Gasteiger partial charge in [-0.25, -0.2) is 0 Å². The highest BCUT2D eigenvalue weighted by Crippen LogP contribution is 1.98. The second kappa shape index (κ2) is 4.34. The van der Waals surface area contributed by atoms with Crippen LogP contribution in [0.15, 0.2) is 0 Å². The summed E-state index contributed by atoms with van der Waals surface area (Å²) in [6.45, 7) is 3.89. The molecule has 0 aromatic carbocycles. The van der Waals surface area contributed by atoms with Gasteiger partial charge in [0.15, 0.2) is 0 Å². The van der Waals surface area contributed by atoms with Gasteiger partial charge in [0.05, 0.1) is 0 Å². The summed E-state index contributed by atoms with van der Waals surface area (Å²) in [5, 5.41) is 6.21. The summed E-state index contributed by atoms with van der Waals surface area (Å²) < 4.78 is 0. The van der Waals surface area contributed by atoms with E-state index in [4.69, 9.17) is 0 Å². The number of carbonyl (C=O) groups is 1. The predicted molar refractivity (Wildman–Crippen MR) is 44.3 cm³/mol. The van der Waals surface area contributed by atoms with Gasteiger partial charge in [-0.05, 0) is 6.42 Å². The fourth-order valence-electron chi connectivity index (χ4n) is 1.35. The molecule has 64 valence electrons. The van der Waals surface area contributed by atoms with Crippen molar-refractivity contribution >= 4 is 5.91 Å². The maximum Gasteiger partial charge on any atom is 0.221 e. The molecule has 0 aliphatic carbocycles. The highest BCUT2D eigenvalue weighted by Gasteiger charge is 2.13. The Hall–Kier alpha value is -0.570. The monoisotopic (exact) mass is 156 g/mol. The summed E-state index contributed by atoms with van der Waals surface area (Å²) in [7, 11) is 0. The summed E-state index contributed by atoms with van der Waals surface area (Å²) in [6, 6.07) is 0.356. The first-order chi connectivity index (χ1) is 5.33. The molecule has 1 aliphatic rings. The second-order valence-electron chi connectivity index (χ2n) is 3.01. The molecule has 1 unspecified atom stereocenters. The van der Waals surface area contributed by atoms with Crippen LogP contribution in [0.2, 0.25) is 0 Å². The second-order valence-corrected chi connectivity index (χ2v) is 3.01. The minimum Gasteiger partial charge on any atom is -0.352 e. The SMILES string of the molecule is CCCC1CNCCC(=O)N1. The lowest BCUT2D eigenvalue weighted by Gasteiger charge is -2.13. The lowest BCUT2D eigenvalue weighted by atomic mass is 10.2. The van der Waals surface area contributed by atoms with E-state index in [-0.39, 0.29) is 5.91 Å². The maximum absolute atomic E-state index is 11.0. The molecule has 1 heterocycles. The maximum atomic E-state index is 11.0. The van der Waals surface area contributed by atoms with E-state index < -0.39 is 0 Å². The van der Waals surface area contributed by atoms with Crippen molar-refractivity contribution in [3.63, 3.8) is 0 Å². The van der Waals surface area contributed by atoms with E-state index in [2.05, 4.69) is 17.6 Å². The van der Waals surface area contributed by atoms with E-state index in [9.17, 15) is 4.79 Å². The molecule has 1 fully saturated rings. The van der Waals surface area contributed by atoms with E-state index in [1.54, 1.807) is 0 Å². The first-order valence-corrected chi connectivity index (χ1v) is 4.33. The van der Waals surface area contributed by atoms with Crippen molar-refractivity contribution < 1.29 is 4.79 Å². The van der Waals surface area contributed by atoms with Crippen LogP contribution in [-0.2, 0) is 4.79 Å². The van der Waals surface area contributed by atoms with Crippen LogP contribution in [0.25, 0.3) is 0 Å². The first-order valence-electron chi connectivity index (χ1n) is 4.33. The van der Waals surface area contributed by atoms with Crippen molar-refractivity contribution in [1.29, 1.82) is 0 Å². The molecule has 1 atom stereocenters. The minimum absolute atomic E-state index is 0.188. The zero-order valence-electron chi connectivity index (χ0n) is 7.02. The van der Waals surface area contributed by atoms with E-state index >= 15 is 0 Å². The third kappa shape index (κ3) is 2.89. The number of carbonyl (C=O) groups excluding carboxylic acids is 1. The van der Waals surface area contributed by atoms with Crippen molar-refractivity contribution in [2.24, 2.45) is 0 Å². The molecule has 2 N–H and O–H groups in total.